The standard InChI is InChI=1S/C16H18N2O2/c1-13(15-10-6-3-7-11-15)17-18-16(19)20-12-14-8-4-2-5-9-14/h2-11,13,17H,12H2,1H3,(H,18,19). The number of carbonyl (C=O) groups excluding carboxylic acids is 1. The lowest BCUT2D eigenvalue weighted by atomic mass is 10.1. The second-order valence-electron chi connectivity index (χ2n) is 4.46. The molecule has 1 unspecified atom stereocenters. The van der Waals surface area contributed by atoms with Crippen LogP contribution in [0.2, 0.25) is 0 Å². The Morgan fingerprint density at radius 2 is 1.65 bits per heavy atom. The van der Waals surface area contributed by atoms with E-state index < -0.39 is 6.09 Å². The zero-order valence-corrected chi connectivity index (χ0v) is 11.4. The largest absolute Gasteiger partial charge is 0.444 e. The molecule has 2 rings (SSSR count). The summed E-state index contributed by atoms with van der Waals surface area (Å²) in [6, 6.07) is 19.4. The Labute approximate surface area is 118 Å². The zero-order valence-electron chi connectivity index (χ0n) is 11.4. The van der Waals surface area contributed by atoms with Crippen molar-refractivity contribution in [3.05, 3.63) is 71.8 Å². The van der Waals surface area contributed by atoms with Crippen molar-refractivity contribution in [1.82, 2.24) is 10.9 Å². The second-order valence-corrected chi connectivity index (χ2v) is 4.46. The summed E-state index contributed by atoms with van der Waals surface area (Å²) >= 11 is 0. The summed E-state index contributed by atoms with van der Waals surface area (Å²) in [4.78, 5) is 11.6. The lowest BCUT2D eigenvalue weighted by Crippen LogP contribution is -2.39. The highest BCUT2D eigenvalue weighted by Crippen LogP contribution is 2.09. The Hall–Kier alpha value is -2.33. The van der Waals surface area contributed by atoms with E-state index in [1.165, 1.54) is 0 Å². The lowest BCUT2D eigenvalue weighted by molar-refractivity contribution is 0.133. The third-order valence-electron chi connectivity index (χ3n) is 2.90. The molecule has 104 valence electrons. The van der Waals surface area contributed by atoms with Crippen LogP contribution in [0.15, 0.2) is 60.7 Å². The van der Waals surface area contributed by atoms with Gasteiger partial charge in [0.05, 0.1) is 0 Å². The van der Waals surface area contributed by atoms with Crippen LogP contribution in [0.4, 0.5) is 4.79 Å². The maximum absolute atomic E-state index is 11.6. The average molecular weight is 270 g/mol. The quantitative estimate of drug-likeness (QED) is 0.820. The number of hydrogen-bond acceptors (Lipinski definition) is 3. The van der Waals surface area contributed by atoms with Gasteiger partial charge < -0.3 is 4.74 Å². The van der Waals surface area contributed by atoms with Crippen molar-refractivity contribution in [2.45, 2.75) is 19.6 Å². The molecule has 0 aromatic heterocycles. The van der Waals surface area contributed by atoms with Crippen molar-refractivity contribution in [2.24, 2.45) is 0 Å². The highest BCUT2D eigenvalue weighted by atomic mass is 16.6. The van der Waals surface area contributed by atoms with Crippen LogP contribution >= 0.6 is 0 Å². The predicted octanol–water partition coefficient (Wildman–Crippen LogP) is 3.18. The van der Waals surface area contributed by atoms with Crippen LogP contribution in [-0.2, 0) is 11.3 Å². The fourth-order valence-corrected chi connectivity index (χ4v) is 1.75. The molecule has 0 heterocycles. The topological polar surface area (TPSA) is 50.4 Å². The molecule has 0 radical (unpaired) electrons. The van der Waals surface area contributed by atoms with E-state index in [0.29, 0.717) is 0 Å². The van der Waals surface area contributed by atoms with Crippen molar-refractivity contribution in [3.63, 3.8) is 0 Å². The molecule has 1 atom stereocenters. The molecule has 0 bridgehead atoms. The summed E-state index contributed by atoms with van der Waals surface area (Å²) in [5.41, 5.74) is 7.50. The van der Waals surface area contributed by atoms with Gasteiger partial charge in [-0.15, -0.1) is 0 Å². The minimum absolute atomic E-state index is 0.0143. The van der Waals surface area contributed by atoms with Crippen LogP contribution < -0.4 is 10.9 Å². The van der Waals surface area contributed by atoms with Gasteiger partial charge in [-0.3, -0.25) is 5.43 Å². The normalized spacial score (nSPS) is 11.7. The molecule has 4 nitrogen and oxygen atoms in total. The number of nitrogens with one attached hydrogen (secondary N) is 2. The number of benzene rings is 2. The summed E-state index contributed by atoms with van der Waals surface area (Å²) in [5, 5.41) is 0. The average Bonchev–Trinajstić information content (AvgIpc) is 2.52. The number of carbonyl (C=O) groups is 1. The molecule has 0 spiro atoms. The van der Waals surface area contributed by atoms with Gasteiger partial charge in [0, 0.05) is 6.04 Å². The predicted molar refractivity (Wildman–Crippen MR) is 77.8 cm³/mol. The third kappa shape index (κ3) is 4.40. The highest BCUT2D eigenvalue weighted by Gasteiger charge is 2.07. The molecule has 4 heteroatoms. The molecular formula is C16H18N2O2. The van der Waals surface area contributed by atoms with Gasteiger partial charge in [0.2, 0.25) is 0 Å². The molecule has 0 aliphatic carbocycles. The molecule has 0 aliphatic heterocycles. The first-order valence-corrected chi connectivity index (χ1v) is 6.53. The molecule has 1 amide bonds. The first kappa shape index (κ1) is 14.1. The van der Waals surface area contributed by atoms with Gasteiger partial charge in [-0.05, 0) is 18.1 Å². The molecule has 2 N–H and O–H groups in total. The summed E-state index contributed by atoms with van der Waals surface area (Å²) < 4.78 is 5.10. The smallest absolute Gasteiger partial charge is 0.421 e. The Balaban J connectivity index is 1.73. The first-order valence-electron chi connectivity index (χ1n) is 6.53. The summed E-state index contributed by atoms with van der Waals surface area (Å²) in [6.07, 6.45) is -0.489. The number of hydrogen-bond donors (Lipinski definition) is 2. The molecule has 2 aromatic rings. The van der Waals surface area contributed by atoms with E-state index in [9.17, 15) is 4.79 Å². The van der Waals surface area contributed by atoms with E-state index >= 15 is 0 Å². The number of ether oxygens (including phenoxy) is 1. The van der Waals surface area contributed by atoms with E-state index in [1.807, 2.05) is 67.6 Å². The Morgan fingerprint density at radius 3 is 2.30 bits per heavy atom. The number of hydrazine groups is 1. The molecule has 20 heavy (non-hydrogen) atoms. The van der Waals surface area contributed by atoms with Gasteiger partial charge in [-0.1, -0.05) is 60.7 Å². The van der Waals surface area contributed by atoms with Crippen LogP contribution in [0.3, 0.4) is 0 Å². The van der Waals surface area contributed by atoms with Gasteiger partial charge in [0.25, 0.3) is 0 Å². The van der Waals surface area contributed by atoms with Gasteiger partial charge >= 0.3 is 6.09 Å². The Morgan fingerprint density at radius 1 is 1.05 bits per heavy atom. The molecule has 0 saturated heterocycles. The molecule has 2 aromatic carbocycles. The minimum atomic E-state index is -0.489. The van der Waals surface area contributed by atoms with Crippen LogP contribution in [0.5, 0.6) is 0 Å². The van der Waals surface area contributed by atoms with Crippen molar-refractivity contribution in [1.29, 1.82) is 0 Å². The van der Waals surface area contributed by atoms with E-state index in [4.69, 9.17) is 4.74 Å². The van der Waals surface area contributed by atoms with Crippen LogP contribution in [0, 0.1) is 0 Å². The second kappa shape index (κ2) is 7.31. The Kier molecular flexibility index (Phi) is 5.15. The van der Waals surface area contributed by atoms with Crippen molar-refractivity contribution in [3.8, 4) is 0 Å². The summed E-state index contributed by atoms with van der Waals surface area (Å²) in [5.74, 6) is 0. The molecular weight excluding hydrogens is 252 g/mol. The van der Waals surface area contributed by atoms with Gasteiger partial charge in [-0.25, -0.2) is 10.2 Å². The lowest BCUT2D eigenvalue weighted by Gasteiger charge is -2.15. The fraction of sp³-hybridized carbons (Fsp3) is 0.188. The first-order chi connectivity index (χ1) is 9.75. The molecule has 0 saturated carbocycles. The summed E-state index contributed by atoms with van der Waals surface area (Å²) in [7, 11) is 0. The van der Waals surface area contributed by atoms with E-state index in [0.717, 1.165) is 11.1 Å². The monoisotopic (exact) mass is 270 g/mol. The van der Waals surface area contributed by atoms with Crippen LogP contribution in [0.1, 0.15) is 24.1 Å². The maximum atomic E-state index is 11.6. The van der Waals surface area contributed by atoms with E-state index in [1.54, 1.807) is 0 Å². The van der Waals surface area contributed by atoms with Crippen molar-refractivity contribution in [2.75, 3.05) is 0 Å². The van der Waals surface area contributed by atoms with E-state index in [-0.39, 0.29) is 12.6 Å². The zero-order chi connectivity index (χ0) is 14.2. The number of amides is 1. The van der Waals surface area contributed by atoms with Gasteiger partial charge in [0.15, 0.2) is 0 Å². The van der Waals surface area contributed by atoms with E-state index in [2.05, 4.69) is 10.9 Å². The minimum Gasteiger partial charge on any atom is -0.444 e. The molecule has 0 fully saturated rings. The van der Waals surface area contributed by atoms with Crippen LogP contribution in [0.25, 0.3) is 0 Å². The Bertz CT molecular complexity index is 529. The summed E-state index contributed by atoms with van der Waals surface area (Å²) in [6.45, 7) is 2.22. The van der Waals surface area contributed by atoms with Gasteiger partial charge in [0.1, 0.15) is 6.61 Å². The van der Waals surface area contributed by atoms with Gasteiger partial charge in [-0.2, -0.15) is 0 Å². The SMILES string of the molecule is CC(NNC(=O)OCc1ccccc1)c1ccccc1. The highest BCUT2D eigenvalue weighted by molar-refractivity contribution is 5.66. The fourth-order valence-electron chi connectivity index (χ4n) is 1.75. The third-order valence-corrected chi connectivity index (χ3v) is 2.90. The number of rotatable bonds is 5. The maximum Gasteiger partial charge on any atom is 0.421 e. The van der Waals surface area contributed by atoms with Crippen molar-refractivity contribution >= 4 is 6.09 Å². The van der Waals surface area contributed by atoms with Crippen molar-refractivity contribution < 1.29 is 9.53 Å². The van der Waals surface area contributed by atoms with Crippen LogP contribution in [-0.4, -0.2) is 6.09 Å². The molecule has 0 aliphatic rings.